The molecule has 2 heterocycles. The summed E-state index contributed by atoms with van der Waals surface area (Å²) in [5.74, 6) is 2.07. The standard InChI is InChI=1S/C22H27FN4O2/c23-18-6-8-19(9-7-18)29-20-10-11-24-22(25-20)27-14-12-26(13-15-27)21(28)16-17-4-2-1-3-5-17/h6-11,17H,1-5,12-16H2. The van der Waals surface area contributed by atoms with Crippen molar-refractivity contribution in [1.29, 1.82) is 0 Å². The van der Waals surface area contributed by atoms with Crippen molar-refractivity contribution in [3.05, 3.63) is 42.3 Å². The van der Waals surface area contributed by atoms with Gasteiger partial charge in [0.05, 0.1) is 0 Å². The van der Waals surface area contributed by atoms with E-state index >= 15 is 0 Å². The Hall–Kier alpha value is -2.70. The van der Waals surface area contributed by atoms with Gasteiger partial charge in [-0.2, -0.15) is 4.98 Å². The van der Waals surface area contributed by atoms with Gasteiger partial charge in [-0.3, -0.25) is 4.79 Å². The lowest BCUT2D eigenvalue weighted by molar-refractivity contribution is -0.132. The van der Waals surface area contributed by atoms with Gasteiger partial charge in [-0.1, -0.05) is 19.3 Å². The molecular weight excluding hydrogens is 371 g/mol. The van der Waals surface area contributed by atoms with Crippen molar-refractivity contribution in [2.75, 3.05) is 31.1 Å². The zero-order valence-corrected chi connectivity index (χ0v) is 16.6. The highest BCUT2D eigenvalue weighted by molar-refractivity contribution is 5.76. The van der Waals surface area contributed by atoms with E-state index in [0.29, 0.717) is 56.1 Å². The van der Waals surface area contributed by atoms with Crippen LogP contribution in [0.2, 0.25) is 0 Å². The Bertz CT molecular complexity index is 816. The number of carbonyl (C=O) groups excluding carboxylic acids is 1. The maximum Gasteiger partial charge on any atom is 0.228 e. The normalized spacial score (nSPS) is 18.0. The van der Waals surface area contributed by atoms with E-state index in [-0.39, 0.29) is 11.7 Å². The summed E-state index contributed by atoms with van der Waals surface area (Å²) in [6.45, 7) is 2.79. The van der Waals surface area contributed by atoms with Crippen LogP contribution in [-0.2, 0) is 4.79 Å². The topological polar surface area (TPSA) is 58.6 Å². The van der Waals surface area contributed by atoms with E-state index in [4.69, 9.17) is 4.74 Å². The molecular formula is C22H27FN4O2. The van der Waals surface area contributed by atoms with E-state index in [1.165, 1.54) is 44.2 Å². The third-order valence-electron chi connectivity index (χ3n) is 5.76. The monoisotopic (exact) mass is 398 g/mol. The number of piperazine rings is 1. The maximum absolute atomic E-state index is 13.0. The van der Waals surface area contributed by atoms with Crippen molar-refractivity contribution < 1.29 is 13.9 Å². The first-order valence-electron chi connectivity index (χ1n) is 10.5. The Morgan fingerprint density at radius 1 is 1.03 bits per heavy atom. The third kappa shape index (κ3) is 5.22. The number of rotatable bonds is 5. The number of ether oxygens (including phenoxy) is 1. The fourth-order valence-corrected chi connectivity index (χ4v) is 4.09. The van der Waals surface area contributed by atoms with Gasteiger partial charge >= 0.3 is 0 Å². The molecule has 0 spiro atoms. The zero-order valence-electron chi connectivity index (χ0n) is 16.6. The minimum absolute atomic E-state index is 0.283. The van der Waals surface area contributed by atoms with Crippen LogP contribution in [0.15, 0.2) is 36.5 Å². The van der Waals surface area contributed by atoms with Crippen LogP contribution in [0.25, 0.3) is 0 Å². The van der Waals surface area contributed by atoms with Crippen LogP contribution < -0.4 is 9.64 Å². The Labute approximate surface area is 170 Å². The number of nitrogens with zero attached hydrogens (tertiary/aromatic N) is 4. The summed E-state index contributed by atoms with van der Waals surface area (Å²) in [6, 6.07) is 7.50. The number of hydrogen-bond acceptors (Lipinski definition) is 5. The van der Waals surface area contributed by atoms with Gasteiger partial charge < -0.3 is 14.5 Å². The minimum Gasteiger partial charge on any atom is -0.439 e. The zero-order chi connectivity index (χ0) is 20.1. The van der Waals surface area contributed by atoms with Crippen molar-refractivity contribution in [2.45, 2.75) is 38.5 Å². The second kappa shape index (κ2) is 9.20. The first kappa shape index (κ1) is 19.6. The lowest BCUT2D eigenvalue weighted by Crippen LogP contribution is -2.49. The molecule has 1 aromatic heterocycles. The Morgan fingerprint density at radius 3 is 2.48 bits per heavy atom. The number of amides is 1. The highest BCUT2D eigenvalue weighted by atomic mass is 19.1. The highest BCUT2D eigenvalue weighted by Crippen LogP contribution is 2.27. The molecule has 2 aliphatic rings. The summed E-state index contributed by atoms with van der Waals surface area (Å²) in [6.07, 6.45) is 8.58. The highest BCUT2D eigenvalue weighted by Gasteiger charge is 2.25. The smallest absolute Gasteiger partial charge is 0.228 e. The molecule has 154 valence electrons. The average Bonchev–Trinajstić information content (AvgIpc) is 2.76. The van der Waals surface area contributed by atoms with Gasteiger partial charge in [-0.15, -0.1) is 0 Å². The van der Waals surface area contributed by atoms with Crippen molar-refractivity contribution >= 4 is 11.9 Å². The van der Waals surface area contributed by atoms with E-state index in [9.17, 15) is 9.18 Å². The predicted octanol–water partition coefficient (Wildman–Crippen LogP) is 4.03. The summed E-state index contributed by atoms with van der Waals surface area (Å²) in [5, 5.41) is 0. The van der Waals surface area contributed by atoms with Crippen molar-refractivity contribution in [2.24, 2.45) is 5.92 Å². The van der Waals surface area contributed by atoms with Gasteiger partial charge in [0.1, 0.15) is 11.6 Å². The first-order valence-corrected chi connectivity index (χ1v) is 10.5. The number of benzene rings is 1. The summed E-state index contributed by atoms with van der Waals surface area (Å²) in [7, 11) is 0. The Kier molecular flexibility index (Phi) is 6.22. The molecule has 1 saturated carbocycles. The number of carbonyl (C=O) groups is 1. The minimum atomic E-state index is -0.309. The second-order valence-corrected chi connectivity index (χ2v) is 7.83. The van der Waals surface area contributed by atoms with E-state index in [2.05, 4.69) is 14.9 Å². The van der Waals surface area contributed by atoms with Gasteiger partial charge in [0.25, 0.3) is 0 Å². The Balaban J connectivity index is 1.31. The molecule has 1 aliphatic carbocycles. The molecule has 0 unspecified atom stereocenters. The number of anilines is 1. The fourth-order valence-electron chi connectivity index (χ4n) is 4.09. The molecule has 0 atom stereocenters. The molecule has 6 nitrogen and oxygen atoms in total. The van der Waals surface area contributed by atoms with Crippen molar-refractivity contribution in [1.82, 2.24) is 14.9 Å². The van der Waals surface area contributed by atoms with Crippen molar-refractivity contribution in [3.63, 3.8) is 0 Å². The molecule has 2 fully saturated rings. The maximum atomic E-state index is 13.0. The van der Waals surface area contributed by atoms with E-state index in [0.717, 1.165) is 0 Å². The summed E-state index contributed by atoms with van der Waals surface area (Å²) >= 11 is 0. The van der Waals surface area contributed by atoms with Gasteiger partial charge in [-0.25, -0.2) is 9.37 Å². The van der Waals surface area contributed by atoms with Gasteiger partial charge in [0.2, 0.25) is 17.7 Å². The van der Waals surface area contributed by atoms with Crippen LogP contribution in [0.3, 0.4) is 0 Å². The van der Waals surface area contributed by atoms with E-state index < -0.39 is 0 Å². The van der Waals surface area contributed by atoms with Crippen LogP contribution in [0.1, 0.15) is 38.5 Å². The van der Waals surface area contributed by atoms with Gasteiger partial charge in [-0.05, 0) is 43.0 Å². The molecule has 7 heteroatoms. The average molecular weight is 398 g/mol. The Morgan fingerprint density at radius 2 is 1.76 bits per heavy atom. The molecule has 2 aromatic rings. The second-order valence-electron chi connectivity index (χ2n) is 7.83. The predicted molar refractivity (Wildman–Crippen MR) is 108 cm³/mol. The molecule has 1 aromatic carbocycles. The molecule has 1 amide bonds. The van der Waals surface area contributed by atoms with Crippen LogP contribution in [0.4, 0.5) is 10.3 Å². The number of halogens is 1. The first-order chi connectivity index (χ1) is 14.2. The van der Waals surface area contributed by atoms with Gasteiger partial charge in [0, 0.05) is 44.9 Å². The lowest BCUT2D eigenvalue weighted by Gasteiger charge is -2.35. The SMILES string of the molecule is O=C(CC1CCCCC1)N1CCN(c2nccc(Oc3ccc(F)cc3)n2)CC1. The lowest BCUT2D eigenvalue weighted by atomic mass is 9.86. The van der Waals surface area contributed by atoms with Crippen LogP contribution in [0, 0.1) is 11.7 Å². The molecule has 0 N–H and O–H groups in total. The summed E-state index contributed by atoms with van der Waals surface area (Å²) in [5.41, 5.74) is 0. The quantitative estimate of drug-likeness (QED) is 0.761. The third-order valence-corrected chi connectivity index (χ3v) is 5.76. The van der Waals surface area contributed by atoms with Crippen LogP contribution in [0.5, 0.6) is 11.6 Å². The van der Waals surface area contributed by atoms with Gasteiger partial charge in [0.15, 0.2) is 0 Å². The molecule has 0 radical (unpaired) electrons. The molecule has 0 bridgehead atoms. The van der Waals surface area contributed by atoms with Crippen LogP contribution >= 0.6 is 0 Å². The van der Waals surface area contributed by atoms with Crippen molar-refractivity contribution in [3.8, 4) is 11.6 Å². The molecule has 1 aliphatic heterocycles. The summed E-state index contributed by atoms with van der Waals surface area (Å²) in [4.78, 5) is 25.5. The largest absolute Gasteiger partial charge is 0.439 e. The number of aromatic nitrogens is 2. The molecule has 4 rings (SSSR count). The van der Waals surface area contributed by atoms with Crippen LogP contribution in [-0.4, -0.2) is 47.0 Å². The van der Waals surface area contributed by atoms with E-state index in [1.54, 1.807) is 24.4 Å². The number of hydrogen-bond donors (Lipinski definition) is 0. The summed E-state index contributed by atoms with van der Waals surface area (Å²) < 4.78 is 18.7. The fraction of sp³-hybridized carbons (Fsp3) is 0.500. The molecule has 29 heavy (non-hydrogen) atoms. The molecule has 1 saturated heterocycles. The van der Waals surface area contributed by atoms with E-state index in [1.807, 2.05) is 4.90 Å².